The number of carbonyl (C=O) groups excluding carboxylic acids is 1. The summed E-state index contributed by atoms with van der Waals surface area (Å²) in [5.74, 6) is -0.875. The number of carbonyl (C=O) groups is 2. The Balaban J connectivity index is 1.91. The number of carboxylic acid groups (broad SMARTS) is 1. The van der Waals surface area contributed by atoms with E-state index in [2.05, 4.69) is 16.4 Å². The van der Waals surface area contributed by atoms with E-state index < -0.39 is 5.97 Å². The molecule has 5 nitrogen and oxygen atoms in total. The highest BCUT2D eigenvalue weighted by Crippen LogP contribution is 2.25. The molecular weight excluding hydrogens is 320 g/mol. The second-order valence-corrected chi connectivity index (χ2v) is 7.12. The second kappa shape index (κ2) is 7.51. The normalized spacial score (nSPS) is 10.6. The van der Waals surface area contributed by atoms with Crippen molar-refractivity contribution in [2.75, 3.05) is 5.32 Å². The Hall–Kier alpha value is -1.73. The second-order valence-electron chi connectivity index (χ2n) is 5.04. The van der Waals surface area contributed by atoms with Gasteiger partial charge in [0.1, 0.15) is 0 Å². The molecule has 0 saturated carbocycles. The van der Waals surface area contributed by atoms with Crippen molar-refractivity contribution in [3.8, 4) is 0 Å². The van der Waals surface area contributed by atoms with Crippen LogP contribution in [0.15, 0.2) is 11.4 Å². The van der Waals surface area contributed by atoms with Crippen LogP contribution in [0.25, 0.3) is 0 Å². The number of rotatable bonds is 7. The minimum Gasteiger partial charge on any atom is -0.481 e. The number of nitrogens with zero attached hydrogens (tertiary/aromatic N) is 1. The molecule has 0 bridgehead atoms. The summed E-state index contributed by atoms with van der Waals surface area (Å²) < 4.78 is 0. The Kier molecular flexibility index (Phi) is 5.68. The van der Waals surface area contributed by atoms with Crippen LogP contribution >= 0.6 is 22.7 Å². The van der Waals surface area contributed by atoms with Gasteiger partial charge < -0.3 is 10.4 Å². The minimum atomic E-state index is -0.762. The van der Waals surface area contributed by atoms with Gasteiger partial charge in [-0.3, -0.25) is 9.59 Å². The van der Waals surface area contributed by atoms with E-state index in [-0.39, 0.29) is 12.3 Å². The molecular formula is C15H18N2O3S2. The van der Waals surface area contributed by atoms with Gasteiger partial charge in [0.05, 0.1) is 12.1 Å². The number of hydrogen-bond donors (Lipinski definition) is 2. The fourth-order valence-electron chi connectivity index (χ4n) is 2.06. The Labute approximate surface area is 137 Å². The highest BCUT2D eigenvalue weighted by Gasteiger charge is 2.09. The Bertz CT molecular complexity index is 676. The maximum Gasteiger partial charge on any atom is 0.303 e. The molecule has 1 amide bonds. The first-order valence-electron chi connectivity index (χ1n) is 6.96. The molecule has 2 aromatic rings. The lowest BCUT2D eigenvalue weighted by Gasteiger charge is -1.96. The topological polar surface area (TPSA) is 79.3 Å². The van der Waals surface area contributed by atoms with Gasteiger partial charge in [-0.2, -0.15) is 0 Å². The molecule has 0 unspecified atom stereocenters. The summed E-state index contributed by atoms with van der Waals surface area (Å²) in [4.78, 5) is 28.4. The number of nitrogens with one attached hydrogen (secondary N) is 1. The molecule has 0 aliphatic carbocycles. The van der Waals surface area contributed by atoms with Gasteiger partial charge in [0.15, 0.2) is 5.13 Å². The van der Waals surface area contributed by atoms with E-state index in [0.29, 0.717) is 11.6 Å². The predicted molar refractivity (Wildman–Crippen MR) is 88.8 cm³/mol. The molecule has 0 radical (unpaired) electrons. The zero-order valence-corrected chi connectivity index (χ0v) is 14.1. The maximum absolute atomic E-state index is 11.0. The molecule has 2 heterocycles. The van der Waals surface area contributed by atoms with Crippen molar-refractivity contribution in [1.29, 1.82) is 0 Å². The number of thiazole rings is 1. The van der Waals surface area contributed by atoms with Gasteiger partial charge in [-0.25, -0.2) is 4.98 Å². The molecule has 22 heavy (non-hydrogen) atoms. The van der Waals surface area contributed by atoms with Crippen LogP contribution in [0.2, 0.25) is 0 Å². The largest absolute Gasteiger partial charge is 0.481 e. The molecule has 0 aromatic carbocycles. The summed E-state index contributed by atoms with van der Waals surface area (Å²) in [5, 5.41) is 14.0. The van der Waals surface area contributed by atoms with E-state index in [1.54, 1.807) is 11.3 Å². The van der Waals surface area contributed by atoms with Gasteiger partial charge in [0.25, 0.3) is 0 Å². The third-order valence-electron chi connectivity index (χ3n) is 3.10. The van der Waals surface area contributed by atoms with E-state index in [9.17, 15) is 9.59 Å². The lowest BCUT2D eigenvalue weighted by atomic mass is 10.1. The smallest absolute Gasteiger partial charge is 0.303 e. The van der Waals surface area contributed by atoms with Crippen LogP contribution in [-0.2, 0) is 28.9 Å². The van der Waals surface area contributed by atoms with E-state index in [1.807, 2.05) is 12.3 Å². The fourth-order valence-corrected chi connectivity index (χ4v) is 4.03. The van der Waals surface area contributed by atoms with Crippen LogP contribution < -0.4 is 5.32 Å². The zero-order valence-electron chi connectivity index (χ0n) is 12.5. The number of aliphatic carboxylic acids is 1. The molecule has 0 atom stereocenters. The highest BCUT2D eigenvalue weighted by atomic mass is 32.1. The molecule has 2 rings (SSSR count). The van der Waals surface area contributed by atoms with Gasteiger partial charge in [-0.1, -0.05) is 0 Å². The summed E-state index contributed by atoms with van der Waals surface area (Å²) in [6.07, 6.45) is 2.46. The summed E-state index contributed by atoms with van der Waals surface area (Å²) in [6.45, 7) is 3.49. The fraction of sp³-hybridized carbons (Fsp3) is 0.400. The van der Waals surface area contributed by atoms with Gasteiger partial charge >= 0.3 is 5.97 Å². The van der Waals surface area contributed by atoms with Crippen LogP contribution in [0, 0.1) is 6.92 Å². The van der Waals surface area contributed by atoms with Crippen LogP contribution in [0.3, 0.4) is 0 Å². The summed E-state index contributed by atoms with van der Waals surface area (Å²) in [6, 6.07) is 2.13. The van der Waals surface area contributed by atoms with Crippen LogP contribution in [0.1, 0.15) is 34.4 Å². The van der Waals surface area contributed by atoms with E-state index in [4.69, 9.17) is 5.11 Å². The number of amides is 1. The molecule has 0 fully saturated rings. The lowest BCUT2D eigenvalue weighted by Crippen LogP contribution is -2.05. The van der Waals surface area contributed by atoms with Crippen LogP contribution in [0.4, 0.5) is 5.13 Å². The summed E-state index contributed by atoms with van der Waals surface area (Å²) in [5.41, 5.74) is 2.13. The van der Waals surface area contributed by atoms with Gasteiger partial charge in [0, 0.05) is 22.1 Å². The number of hydrogen-bond acceptors (Lipinski definition) is 5. The van der Waals surface area contributed by atoms with Crippen molar-refractivity contribution in [3.63, 3.8) is 0 Å². The number of anilines is 1. The van der Waals surface area contributed by atoms with Crippen LogP contribution in [0.5, 0.6) is 0 Å². The molecule has 0 aliphatic heterocycles. The quantitative estimate of drug-likeness (QED) is 0.812. The minimum absolute atomic E-state index is 0.113. The standard InChI is InChI=1S/C15H18N2O3S2/c1-9-7-12(22-13(9)5-6-14(19)20)4-3-11-8-21-15(17-11)16-10(2)18/h7-8H,3-6H2,1-2H3,(H,19,20)(H,16,17,18). The number of thiophene rings is 1. The van der Waals surface area contributed by atoms with Crippen molar-refractivity contribution in [2.24, 2.45) is 0 Å². The molecule has 118 valence electrons. The van der Waals surface area contributed by atoms with Crippen LogP contribution in [-0.4, -0.2) is 22.0 Å². The van der Waals surface area contributed by atoms with Crippen molar-refractivity contribution in [3.05, 3.63) is 32.5 Å². The molecule has 0 aliphatic rings. The monoisotopic (exact) mass is 338 g/mol. The zero-order chi connectivity index (χ0) is 16.1. The van der Waals surface area contributed by atoms with E-state index in [1.165, 1.54) is 28.7 Å². The SMILES string of the molecule is CC(=O)Nc1nc(CCc2cc(C)c(CCC(=O)O)s2)cs1. The van der Waals surface area contributed by atoms with E-state index >= 15 is 0 Å². The third kappa shape index (κ3) is 4.92. The summed E-state index contributed by atoms with van der Waals surface area (Å²) in [7, 11) is 0. The van der Waals surface area contributed by atoms with Gasteiger partial charge in [-0.05, 0) is 37.8 Å². The highest BCUT2D eigenvalue weighted by molar-refractivity contribution is 7.14. The summed E-state index contributed by atoms with van der Waals surface area (Å²) >= 11 is 3.11. The molecule has 0 saturated heterocycles. The van der Waals surface area contributed by atoms with Crippen molar-refractivity contribution >= 4 is 39.7 Å². The predicted octanol–water partition coefficient (Wildman–Crippen LogP) is 3.27. The number of carboxylic acids is 1. The maximum atomic E-state index is 11.0. The average molecular weight is 338 g/mol. The average Bonchev–Trinajstić information content (AvgIpc) is 3.00. The van der Waals surface area contributed by atoms with Crippen molar-refractivity contribution in [1.82, 2.24) is 4.98 Å². The third-order valence-corrected chi connectivity index (χ3v) is 5.26. The first kappa shape index (κ1) is 16.6. The van der Waals surface area contributed by atoms with Crippen molar-refractivity contribution < 1.29 is 14.7 Å². The first-order valence-corrected chi connectivity index (χ1v) is 8.65. The molecule has 7 heteroatoms. The Morgan fingerprint density at radius 2 is 2.09 bits per heavy atom. The van der Waals surface area contributed by atoms with Gasteiger partial charge in [-0.15, -0.1) is 22.7 Å². The first-order chi connectivity index (χ1) is 10.4. The molecule has 2 N–H and O–H groups in total. The Morgan fingerprint density at radius 1 is 1.32 bits per heavy atom. The van der Waals surface area contributed by atoms with Gasteiger partial charge in [0.2, 0.25) is 5.91 Å². The van der Waals surface area contributed by atoms with Crippen molar-refractivity contribution in [2.45, 2.75) is 39.5 Å². The molecule has 0 spiro atoms. The Morgan fingerprint density at radius 3 is 2.77 bits per heavy atom. The van der Waals surface area contributed by atoms with E-state index in [0.717, 1.165) is 23.4 Å². The lowest BCUT2D eigenvalue weighted by molar-refractivity contribution is -0.136. The molecule has 2 aromatic heterocycles. The number of aryl methyl sites for hydroxylation is 4. The number of aromatic nitrogens is 1.